The maximum atomic E-state index is 9.75. The maximum absolute atomic E-state index is 9.75. The van der Waals surface area contributed by atoms with Crippen molar-refractivity contribution >= 4 is 5.95 Å². The van der Waals surface area contributed by atoms with Crippen LogP contribution in [0, 0.1) is 4.91 Å². The number of hydrazine groups is 1. The summed E-state index contributed by atoms with van der Waals surface area (Å²) in [6, 6.07) is 0. The molecule has 0 unspecified atom stereocenters. The van der Waals surface area contributed by atoms with Crippen LogP contribution in [0.2, 0.25) is 0 Å². The zero-order valence-corrected chi connectivity index (χ0v) is 4.14. The van der Waals surface area contributed by atoms with Crippen LogP contribution >= 0.6 is 0 Å². The zero-order chi connectivity index (χ0) is 6.69. The minimum Gasteiger partial charge on any atom is -0.219 e. The molecule has 8 nitrogen and oxygen atoms in total. The molecule has 1 heterocycles. The number of hydrogen-bond donors (Lipinski definition) is 3. The predicted molar refractivity (Wildman–Crippen MR) is 23.2 cm³/mol. The Kier molecular flexibility index (Phi) is 1.22. The van der Waals surface area contributed by atoms with Crippen molar-refractivity contribution in [3.8, 4) is 0 Å². The van der Waals surface area contributed by atoms with E-state index in [1.54, 1.807) is 5.43 Å². The van der Waals surface area contributed by atoms with Crippen LogP contribution in [0.25, 0.3) is 0 Å². The average molecular weight is 131 g/mol. The van der Waals surface area contributed by atoms with Gasteiger partial charge in [0.15, 0.2) is 0 Å². The summed E-state index contributed by atoms with van der Waals surface area (Å²) in [6.07, 6.45) is 0. The fourth-order valence-corrected chi connectivity index (χ4v) is 0.295. The van der Waals surface area contributed by atoms with Crippen LogP contribution in [-0.2, 0) is 0 Å². The summed E-state index contributed by atoms with van der Waals surface area (Å²) < 4.78 is 0. The van der Waals surface area contributed by atoms with E-state index in [2.05, 4.69) is 20.6 Å². The monoisotopic (exact) mass is 131 g/mol. The van der Waals surface area contributed by atoms with E-state index in [4.69, 9.17) is 5.21 Å². The first-order valence-corrected chi connectivity index (χ1v) is 1.95. The Balaban J connectivity index is 2.58. The van der Waals surface area contributed by atoms with Crippen LogP contribution in [0.5, 0.6) is 0 Å². The lowest BCUT2D eigenvalue weighted by molar-refractivity contribution is -0.770. The molecule has 0 aromatic carbocycles. The van der Waals surface area contributed by atoms with Crippen molar-refractivity contribution in [2.75, 3.05) is 5.43 Å². The summed E-state index contributed by atoms with van der Waals surface area (Å²) in [5.41, 5.74) is 1.80. The van der Waals surface area contributed by atoms with Gasteiger partial charge in [-0.15, -0.1) is 5.10 Å². The molecular weight excluding hydrogens is 128 g/mol. The molecule has 1 rings (SSSR count). The van der Waals surface area contributed by atoms with E-state index in [9.17, 15) is 4.91 Å². The van der Waals surface area contributed by atoms with Crippen LogP contribution in [-0.4, -0.2) is 30.9 Å². The number of nitrogens with zero attached hydrogens (tertiary/aromatic N) is 4. The predicted octanol–water partition coefficient (Wildman–Crippen LogP) is -1.31. The Hall–Kier alpha value is -1.73. The van der Waals surface area contributed by atoms with Crippen LogP contribution in [0.4, 0.5) is 5.95 Å². The first kappa shape index (κ1) is 5.41. The molecule has 0 saturated heterocycles. The van der Waals surface area contributed by atoms with Gasteiger partial charge in [0.05, 0.1) is 0 Å². The van der Waals surface area contributed by atoms with Crippen molar-refractivity contribution in [1.82, 2.24) is 20.6 Å². The molecule has 0 aliphatic rings. The number of tetrazole rings is 1. The largest absolute Gasteiger partial charge is 0.362 e. The van der Waals surface area contributed by atoms with Crippen molar-refractivity contribution in [3.05, 3.63) is 4.91 Å². The van der Waals surface area contributed by atoms with Crippen LogP contribution in [0.3, 0.4) is 0 Å². The second kappa shape index (κ2) is 2.03. The molecule has 8 heteroatoms. The first-order valence-electron chi connectivity index (χ1n) is 1.95. The van der Waals surface area contributed by atoms with Crippen LogP contribution in [0.1, 0.15) is 0 Å². The van der Waals surface area contributed by atoms with E-state index in [1.165, 1.54) is 0 Å². The van der Waals surface area contributed by atoms with Gasteiger partial charge in [0.25, 0.3) is 0 Å². The number of H-pyrrole nitrogens is 1. The van der Waals surface area contributed by atoms with E-state index in [0.717, 1.165) is 0 Å². The molecule has 0 aliphatic carbocycles. The first-order chi connectivity index (χ1) is 4.29. The highest BCUT2D eigenvalue weighted by Gasteiger charge is 2.06. The van der Waals surface area contributed by atoms with Gasteiger partial charge in [-0.2, -0.15) is 5.21 Å². The highest BCUT2D eigenvalue weighted by molar-refractivity contribution is 5.11. The van der Waals surface area contributed by atoms with E-state index < -0.39 is 5.03 Å². The Labute approximate surface area is 48.4 Å². The van der Waals surface area contributed by atoms with Crippen molar-refractivity contribution in [3.63, 3.8) is 0 Å². The number of rotatable bonds is 2. The van der Waals surface area contributed by atoms with Gasteiger partial charge in [0, 0.05) is 0 Å². The van der Waals surface area contributed by atoms with Crippen molar-refractivity contribution in [1.29, 1.82) is 0 Å². The van der Waals surface area contributed by atoms with Gasteiger partial charge in [-0.25, -0.2) is 5.21 Å². The Bertz CT molecular complexity index is 191. The SMILES string of the molecule is O=[N+](O)Nc1nn[nH]n1. The topological polar surface area (TPSA) is 107 Å². The fraction of sp³-hybridized carbons (Fsp3) is 0. The highest BCUT2D eigenvalue weighted by atomic mass is 16.7. The molecule has 48 valence electrons. The molecule has 1 aromatic rings. The molecule has 3 N–H and O–H groups in total. The molecule has 0 atom stereocenters. The molecule has 0 aliphatic heterocycles. The Morgan fingerprint density at radius 1 is 1.78 bits per heavy atom. The average Bonchev–Trinajstić information content (AvgIpc) is 2.15. The van der Waals surface area contributed by atoms with Gasteiger partial charge in [-0.3, -0.25) is 0 Å². The van der Waals surface area contributed by atoms with Gasteiger partial charge in [-0.1, -0.05) is 5.10 Å². The number of aromatic amines is 1. The molecule has 1 aromatic heterocycles. The third-order valence-corrected chi connectivity index (χ3v) is 0.541. The quantitative estimate of drug-likeness (QED) is 0.430. The van der Waals surface area contributed by atoms with E-state index in [0.29, 0.717) is 0 Å². The second-order valence-electron chi connectivity index (χ2n) is 1.12. The lowest BCUT2D eigenvalue weighted by atomic mass is 11.1. The standard InChI is InChI=1S/CH3N6O2/c8-7(9)4-1-2-5-6-3-1/h(H,8,9)(H2,2,3,4,5,6)/q+1. The van der Waals surface area contributed by atoms with Crippen molar-refractivity contribution in [2.24, 2.45) is 0 Å². The van der Waals surface area contributed by atoms with Gasteiger partial charge in [0.2, 0.25) is 0 Å². The molecule has 0 saturated carbocycles. The second-order valence-corrected chi connectivity index (χ2v) is 1.12. The maximum Gasteiger partial charge on any atom is 0.362 e. The number of anilines is 1. The van der Waals surface area contributed by atoms with E-state index >= 15 is 0 Å². The number of aromatic nitrogens is 4. The normalized spacial score (nSPS) is 8.89. The van der Waals surface area contributed by atoms with Gasteiger partial charge >= 0.3 is 11.0 Å². The van der Waals surface area contributed by atoms with E-state index in [1.807, 2.05) is 0 Å². The van der Waals surface area contributed by atoms with Gasteiger partial charge < -0.3 is 0 Å². The van der Waals surface area contributed by atoms with Crippen LogP contribution < -0.4 is 5.43 Å². The number of hydrogen-bond acceptors (Lipinski definition) is 4. The van der Waals surface area contributed by atoms with Crippen LogP contribution in [0.15, 0.2) is 0 Å². The third-order valence-electron chi connectivity index (χ3n) is 0.541. The smallest absolute Gasteiger partial charge is 0.219 e. The molecule has 0 fully saturated rings. The summed E-state index contributed by atoms with van der Waals surface area (Å²) in [6.45, 7) is 0. The third kappa shape index (κ3) is 1.33. The molecule has 0 spiro atoms. The van der Waals surface area contributed by atoms with Crippen molar-refractivity contribution in [2.45, 2.75) is 0 Å². The highest BCUT2D eigenvalue weighted by Crippen LogP contribution is 1.85. The summed E-state index contributed by atoms with van der Waals surface area (Å²) in [5.74, 6) is -0.0903. The lowest BCUT2D eigenvalue weighted by Gasteiger charge is -1.75. The molecule has 0 radical (unpaired) electrons. The molecule has 9 heavy (non-hydrogen) atoms. The van der Waals surface area contributed by atoms with Crippen molar-refractivity contribution < 1.29 is 10.2 Å². The zero-order valence-electron chi connectivity index (χ0n) is 4.14. The molecule has 0 amide bonds. The molecular formula is CH3N6O2+. The summed E-state index contributed by atoms with van der Waals surface area (Å²) in [5, 5.41) is 19.2. The minimum absolute atomic E-state index is 0.0903. The lowest BCUT2D eigenvalue weighted by Crippen LogP contribution is -2.11. The Morgan fingerprint density at radius 3 is 3.00 bits per heavy atom. The summed E-state index contributed by atoms with van der Waals surface area (Å²) in [4.78, 5) is 9.75. The summed E-state index contributed by atoms with van der Waals surface area (Å²) in [7, 11) is 0. The summed E-state index contributed by atoms with van der Waals surface area (Å²) >= 11 is 0. The molecule has 0 bridgehead atoms. The Morgan fingerprint density at radius 2 is 2.56 bits per heavy atom. The minimum atomic E-state index is -0.523. The fourth-order valence-electron chi connectivity index (χ4n) is 0.295. The number of nitrogens with one attached hydrogen (secondary N) is 2. The van der Waals surface area contributed by atoms with Gasteiger partial charge in [0.1, 0.15) is 4.91 Å². The van der Waals surface area contributed by atoms with E-state index in [-0.39, 0.29) is 5.95 Å². The van der Waals surface area contributed by atoms with Gasteiger partial charge in [-0.05, 0) is 10.6 Å².